The van der Waals surface area contributed by atoms with Gasteiger partial charge in [-0.05, 0) is 50.4 Å². The van der Waals surface area contributed by atoms with E-state index in [1.165, 1.54) is 12.8 Å². The smallest absolute Gasteiger partial charge is 0.269 e. The largest absolute Gasteiger partial charge is 0.317 e. The minimum Gasteiger partial charge on any atom is -0.317 e. The maximum Gasteiger partial charge on any atom is 0.269 e. The fourth-order valence-electron chi connectivity index (χ4n) is 3.01. The lowest BCUT2D eigenvalue weighted by Crippen LogP contribution is -2.36. The molecule has 0 unspecified atom stereocenters. The predicted octanol–water partition coefficient (Wildman–Crippen LogP) is 2.81. The minimum absolute atomic E-state index is 0.186. The molecule has 1 N–H and O–H groups in total. The van der Waals surface area contributed by atoms with Gasteiger partial charge >= 0.3 is 0 Å². The molecule has 0 aromatic heterocycles. The molecule has 116 valence electrons. The van der Waals surface area contributed by atoms with Crippen LogP contribution in [0.15, 0.2) is 24.3 Å². The molecule has 0 saturated carbocycles. The number of nitro benzene ring substituents is 1. The van der Waals surface area contributed by atoms with Crippen LogP contribution >= 0.6 is 0 Å². The molecule has 1 aromatic carbocycles. The van der Waals surface area contributed by atoms with Crippen molar-refractivity contribution < 1.29 is 4.92 Å². The van der Waals surface area contributed by atoms with Crippen molar-refractivity contribution in [3.63, 3.8) is 0 Å². The van der Waals surface area contributed by atoms with Crippen LogP contribution < -0.4 is 5.32 Å². The molecule has 1 heterocycles. The van der Waals surface area contributed by atoms with Crippen LogP contribution in [0.1, 0.15) is 31.7 Å². The van der Waals surface area contributed by atoms with Crippen LogP contribution in [-0.4, -0.2) is 36.0 Å². The van der Waals surface area contributed by atoms with Crippen LogP contribution in [-0.2, 0) is 6.54 Å². The summed E-state index contributed by atoms with van der Waals surface area (Å²) in [6, 6.07) is 7.02. The average molecular weight is 291 g/mol. The van der Waals surface area contributed by atoms with E-state index in [0.717, 1.165) is 50.6 Å². The first-order valence-electron chi connectivity index (χ1n) is 7.85. The molecule has 1 saturated heterocycles. The Morgan fingerprint density at radius 3 is 2.81 bits per heavy atom. The van der Waals surface area contributed by atoms with Gasteiger partial charge in [0, 0.05) is 25.2 Å². The van der Waals surface area contributed by atoms with Crippen molar-refractivity contribution in [2.75, 3.05) is 26.2 Å². The lowest BCUT2D eigenvalue weighted by atomic mass is 9.97. The molecule has 1 fully saturated rings. The van der Waals surface area contributed by atoms with Gasteiger partial charge in [0.1, 0.15) is 0 Å². The second-order valence-corrected chi connectivity index (χ2v) is 5.86. The van der Waals surface area contributed by atoms with Gasteiger partial charge in [-0.1, -0.05) is 19.1 Å². The number of hydrogen-bond donors (Lipinski definition) is 1. The fraction of sp³-hybridized carbons (Fsp3) is 0.625. The van der Waals surface area contributed by atoms with Gasteiger partial charge in [0.05, 0.1) is 4.92 Å². The van der Waals surface area contributed by atoms with Gasteiger partial charge in [0.15, 0.2) is 0 Å². The Bertz CT molecular complexity index is 459. The first kappa shape index (κ1) is 15.9. The van der Waals surface area contributed by atoms with Crippen LogP contribution in [0.5, 0.6) is 0 Å². The van der Waals surface area contributed by atoms with E-state index in [-0.39, 0.29) is 10.6 Å². The molecule has 5 heteroatoms. The summed E-state index contributed by atoms with van der Waals surface area (Å²) in [6.45, 7) is 7.36. The van der Waals surface area contributed by atoms with Crippen molar-refractivity contribution in [2.45, 2.75) is 32.7 Å². The fourth-order valence-corrected chi connectivity index (χ4v) is 3.01. The van der Waals surface area contributed by atoms with E-state index in [4.69, 9.17) is 0 Å². The quantitative estimate of drug-likeness (QED) is 0.620. The summed E-state index contributed by atoms with van der Waals surface area (Å²) >= 11 is 0. The summed E-state index contributed by atoms with van der Waals surface area (Å²) in [5, 5.41) is 14.3. The van der Waals surface area contributed by atoms with Gasteiger partial charge in [-0.2, -0.15) is 0 Å². The van der Waals surface area contributed by atoms with E-state index in [9.17, 15) is 10.1 Å². The van der Waals surface area contributed by atoms with Crippen LogP contribution in [0.25, 0.3) is 0 Å². The lowest BCUT2D eigenvalue weighted by Gasteiger charge is -2.30. The second-order valence-electron chi connectivity index (χ2n) is 5.86. The number of nitrogens with zero attached hydrogens (tertiary/aromatic N) is 2. The summed E-state index contributed by atoms with van der Waals surface area (Å²) < 4.78 is 0. The molecule has 5 nitrogen and oxygen atoms in total. The Kier molecular flexibility index (Phi) is 6.14. The Morgan fingerprint density at radius 1 is 1.38 bits per heavy atom. The SMILES string of the molecule is CCCN(Cc1cccc([N+](=O)[O-])c1)CC1CCNCC1. The highest BCUT2D eigenvalue weighted by Crippen LogP contribution is 2.18. The Hall–Kier alpha value is -1.46. The number of rotatable bonds is 7. The zero-order valence-electron chi connectivity index (χ0n) is 12.8. The molecule has 1 aromatic rings. The molecular formula is C16H25N3O2. The number of hydrogen-bond acceptors (Lipinski definition) is 4. The van der Waals surface area contributed by atoms with Crippen LogP contribution in [0.2, 0.25) is 0 Å². The van der Waals surface area contributed by atoms with Crippen LogP contribution in [0, 0.1) is 16.0 Å². The van der Waals surface area contributed by atoms with Gasteiger partial charge in [-0.3, -0.25) is 15.0 Å². The third-order valence-corrected chi connectivity index (χ3v) is 4.04. The van der Waals surface area contributed by atoms with E-state index < -0.39 is 0 Å². The van der Waals surface area contributed by atoms with Crippen molar-refractivity contribution in [3.8, 4) is 0 Å². The van der Waals surface area contributed by atoms with E-state index in [1.807, 2.05) is 6.07 Å². The Balaban J connectivity index is 1.97. The highest BCUT2D eigenvalue weighted by Gasteiger charge is 2.17. The highest BCUT2D eigenvalue weighted by atomic mass is 16.6. The molecule has 0 aliphatic carbocycles. The second kappa shape index (κ2) is 8.10. The maximum atomic E-state index is 10.9. The molecule has 0 amide bonds. The van der Waals surface area contributed by atoms with Gasteiger partial charge in [0.25, 0.3) is 5.69 Å². The molecule has 1 aliphatic rings. The van der Waals surface area contributed by atoms with Gasteiger partial charge in [-0.15, -0.1) is 0 Å². The van der Waals surface area contributed by atoms with Crippen molar-refractivity contribution >= 4 is 5.69 Å². The summed E-state index contributed by atoms with van der Waals surface area (Å²) in [4.78, 5) is 13.0. The van der Waals surface area contributed by atoms with Gasteiger partial charge in [0.2, 0.25) is 0 Å². The number of nitro groups is 1. The van der Waals surface area contributed by atoms with Crippen LogP contribution in [0.4, 0.5) is 5.69 Å². The maximum absolute atomic E-state index is 10.9. The average Bonchev–Trinajstić information content (AvgIpc) is 2.49. The molecule has 0 bridgehead atoms. The molecule has 2 rings (SSSR count). The summed E-state index contributed by atoms with van der Waals surface area (Å²) in [6.07, 6.45) is 3.57. The number of piperidine rings is 1. The monoisotopic (exact) mass is 291 g/mol. The number of non-ortho nitro benzene ring substituents is 1. The van der Waals surface area contributed by atoms with Crippen molar-refractivity contribution in [2.24, 2.45) is 5.92 Å². The Labute approximate surface area is 126 Å². The zero-order chi connectivity index (χ0) is 15.1. The third kappa shape index (κ3) is 5.10. The molecular weight excluding hydrogens is 266 g/mol. The van der Waals surface area contributed by atoms with Crippen molar-refractivity contribution in [1.82, 2.24) is 10.2 Å². The number of benzene rings is 1. The highest BCUT2D eigenvalue weighted by molar-refractivity contribution is 5.34. The lowest BCUT2D eigenvalue weighted by molar-refractivity contribution is -0.384. The minimum atomic E-state index is -0.319. The summed E-state index contributed by atoms with van der Waals surface area (Å²) in [5.41, 5.74) is 1.22. The molecule has 21 heavy (non-hydrogen) atoms. The first-order chi connectivity index (χ1) is 10.2. The van der Waals surface area contributed by atoms with Crippen LogP contribution in [0.3, 0.4) is 0 Å². The van der Waals surface area contributed by atoms with E-state index in [0.29, 0.717) is 0 Å². The van der Waals surface area contributed by atoms with Gasteiger partial charge < -0.3 is 5.32 Å². The molecule has 1 aliphatic heterocycles. The van der Waals surface area contributed by atoms with E-state index in [2.05, 4.69) is 17.1 Å². The first-order valence-corrected chi connectivity index (χ1v) is 7.85. The Morgan fingerprint density at radius 2 is 2.14 bits per heavy atom. The predicted molar refractivity (Wildman–Crippen MR) is 84.3 cm³/mol. The van der Waals surface area contributed by atoms with E-state index in [1.54, 1.807) is 18.2 Å². The third-order valence-electron chi connectivity index (χ3n) is 4.04. The topological polar surface area (TPSA) is 58.4 Å². The standard InChI is InChI=1S/C16H25N3O2/c1-2-10-18(12-14-6-8-17-9-7-14)13-15-4-3-5-16(11-15)19(20)21/h3-5,11,14,17H,2,6-10,12-13H2,1H3. The van der Waals surface area contributed by atoms with Crippen molar-refractivity contribution in [3.05, 3.63) is 39.9 Å². The van der Waals surface area contributed by atoms with E-state index >= 15 is 0 Å². The normalized spacial score (nSPS) is 16.3. The molecule has 0 spiro atoms. The van der Waals surface area contributed by atoms with Gasteiger partial charge in [-0.25, -0.2) is 0 Å². The molecule has 0 radical (unpaired) electrons. The molecule has 0 atom stereocenters. The van der Waals surface area contributed by atoms with Crippen molar-refractivity contribution in [1.29, 1.82) is 0 Å². The zero-order valence-corrected chi connectivity index (χ0v) is 12.8. The summed E-state index contributed by atoms with van der Waals surface area (Å²) in [5.74, 6) is 0.747. The number of nitrogens with one attached hydrogen (secondary N) is 1. The summed E-state index contributed by atoms with van der Waals surface area (Å²) in [7, 11) is 0.